The average Bonchev–Trinajstić information content (AvgIpc) is 2.43. The molecule has 0 amide bonds. The Hall–Kier alpha value is -0.990. The zero-order valence-corrected chi connectivity index (χ0v) is 10.7. The van der Waals surface area contributed by atoms with E-state index in [-0.39, 0.29) is 0 Å². The Balaban J connectivity index is 2.73. The molecule has 0 saturated carbocycles. The van der Waals surface area contributed by atoms with Crippen LogP contribution < -0.4 is 0 Å². The second kappa shape index (κ2) is 4.11. The third-order valence-electron chi connectivity index (χ3n) is 2.60. The van der Waals surface area contributed by atoms with E-state index in [2.05, 4.69) is 0 Å². The fourth-order valence-corrected chi connectivity index (χ4v) is 2.28. The summed E-state index contributed by atoms with van der Waals surface area (Å²) < 4.78 is 1.94. The van der Waals surface area contributed by atoms with E-state index in [1.165, 1.54) is 0 Å². The van der Waals surface area contributed by atoms with Crippen molar-refractivity contribution in [3.63, 3.8) is 0 Å². The summed E-state index contributed by atoms with van der Waals surface area (Å²) in [6.45, 7) is 4.26. The summed E-state index contributed by atoms with van der Waals surface area (Å²) in [5, 5.41) is 9.99. The number of hydrogen-bond acceptors (Lipinski definition) is 1. The smallest absolute Gasteiger partial charge is 0.113 e. The van der Waals surface area contributed by atoms with Gasteiger partial charge in [-0.25, -0.2) is 0 Å². The molecule has 1 N–H and O–H groups in total. The maximum Gasteiger partial charge on any atom is 0.113 e. The summed E-state index contributed by atoms with van der Waals surface area (Å²) in [4.78, 5) is 0. The number of nitrogens with zero attached hydrogens (tertiary/aromatic N) is 1. The number of benzene rings is 1. The van der Waals surface area contributed by atoms with E-state index in [0.29, 0.717) is 22.4 Å². The van der Waals surface area contributed by atoms with Crippen LogP contribution >= 0.6 is 23.2 Å². The van der Waals surface area contributed by atoms with Crippen LogP contribution in [0.1, 0.15) is 12.5 Å². The molecule has 1 aromatic heterocycles. The lowest BCUT2D eigenvalue weighted by atomic mass is 10.2. The van der Waals surface area contributed by atoms with Gasteiger partial charge in [0, 0.05) is 21.6 Å². The molecule has 0 aliphatic rings. The molecule has 2 aromatic rings. The average molecular weight is 255 g/mol. The van der Waals surface area contributed by atoms with Gasteiger partial charge in [0.1, 0.15) is 5.15 Å². The van der Waals surface area contributed by atoms with Gasteiger partial charge in [-0.1, -0.05) is 23.2 Å². The van der Waals surface area contributed by atoms with Crippen molar-refractivity contribution in [1.29, 1.82) is 5.41 Å². The molecule has 16 heavy (non-hydrogen) atoms. The lowest BCUT2D eigenvalue weighted by Crippen LogP contribution is -2.05. The van der Waals surface area contributed by atoms with Gasteiger partial charge < -0.3 is 9.98 Å². The molecule has 2 nitrogen and oxygen atoms in total. The maximum absolute atomic E-state index is 7.55. The summed E-state index contributed by atoms with van der Waals surface area (Å²) in [5.41, 5.74) is 2.62. The van der Waals surface area contributed by atoms with E-state index in [1.54, 1.807) is 6.92 Å². The van der Waals surface area contributed by atoms with Crippen molar-refractivity contribution in [3.05, 3.63) is 33.9 Å². The van der Waals surface area contributed by atoms with E-state index >= 15 is 0 Å². The molecule has 0 aliphatic carbocycles. The van der Waals surface area contributed by atoms with E-state index < -0.39 is 0 Å². The number of hydrogen-bond donors (Lipinski definition) is 1. The van der Waals surface area contributed by atoms with Crippen molar-refractivity contribution in [2.45, 2.75) is 20.4 Å². The van der Waals surface area contributed by atoms with Crippen LogP contribution in [0.15, 0.2) is 18.2 Å². The zero-order chi connectivity index (χ0) is 11.9. The van der Waals surface area contributed by atoms with Crippen LogP contribution in [0.2, 0.25) is 10.2 Å². The summed E-state index contributed by atoms with van der Waals surface area (Å²) >= 11 is 12.2. The SMILES string of the molecule is CC(=N)Cn1c(Cl)c(C)c2cc(Cl)ccc21. The van der Waals surface area contributed by atoms with Gasteiger partial charge in [-0.15, -0.1) is 0 Å². The van der Waals surface area contributed by atoms with Gasteiger partial charge >= 0.3 is 0 Å². The predicted molar refractivity (Wildman–Crippen MR) is 70.1 cm³/mol. The molecule has 0 radical (unpaired) electrons. The van der Waals surface area contributed by atoms with Crippen molar-refractivity contribution in [1.82, 2.24) is 4.57 Å². The largest absolute Gasteiger partial charge is 0.326 e. The van der Waals surface area contributed by atoms with Gasteiger partial charge in [-0.2, -0.15) is 0 Å². The summed E-state index contributed by atoms with van der Waals surface area (Å²) in [6, 6.07) is 5.70. The van der Waals surface area contributed by atoms with Gasteiger partial charge in [0.05, 0.1) is 6.54 Å². The van der Waals surface area contributed by atoms with Gasteiger partial charge in [0.2, 0.25) is 0 Å². The van der Waals surface area contributed by atoms with Crippen molar-refractivity contribution in [2.75, 3.05) is 0 Å². The normalized spacial score (nSPS) is 11.0. The van der Waals surface area contributed by atoms with Crippen LogP contribution in [-0.4, -0.2) is 10.3 Å². The van der Waals surface area contributed by atoms with E-state index in [9.17, 15) is 0 Å². The van der Waals surface area contributed by atoms with Gasteiger partial charge in [-0.05, 0) is 37.6 Å². The molecular weight excluding hydrogens is 243 g/mol. The number of aromatic nitrogens is 1. The zero-order valence-electron chi connectivity index (χ0n) is 9.14. The molecule has 0 bridgehead atoms. The highest BCUT2D eigenvalue weighted by Gasteiger charge is 2.12. The molecule has 84 valence electrons. The van der Waals surface area contributed by atoms with Gasteiger partial charge in [-0.3, -0.25) is 0 Å². The highest BCUT2D eigenvalue weighted by molar-refractivity contribution is 6.33. The maximum atomic E-state index is 7.55. The molecule has 1 heterocycles. The van der Waals surface area contributed by atoms with Crippen LogP contribution in [0.25, 0.3) is 10.9 Å². The highest BCUT2D eigenvalue weighted by Crippen LogP contribution is 2.31. The first-order valence-corrected chi connectivity index (χ1v) is 5.74. The second-order valence-corrected chi connectivity index (χ2v) is 4.74. The molecule has 0 fully saturated rings. The van der Waals surface area contributed by atoms with Crippen molar-refractivity contribution in [2.24, 2.45) is 0 Å². The van der Waals surface area contributed by atoms with Crippen LogP contribution in [-0.2, 0) is 6.54 Å². The van der Waals surface area contributed by atoms with Crippen LogP contribution in [0, 0.1) is 12.3 Å². The molecule has 0 atom stereocenters. The molecule has 4 heteroatoms. The summed E-state index contributed by atoms with van der Waals surface area (Å²) in [5.74, 6) is 0. The fourth-order valence-electron chi connectivity index (χ4n) is 1.86. The minimum Gasteiger partial charge on any atom is -0.326 e. The number of aryl methyl sites for hydroxylation is 1. The van der Waals surface area contributed by atoms with Gasteiger partial charge in [0.25, 0.3) is 0 Å². The molecule has 0 unspecified atom stereocenters. The molecule has 1 aromatic carbocycles. The first kappa shape index (κ1) is 11.5. The molecule has 0 saturated heterocycles. The molecule has 0 aliphatic heterocycles. The fraction of sp³-hybridized carbons (Fsp3) is 0.250. The Labute approximate surface area is 104 Å². The Bertz CT molecular complexity index is 570. The first-order chi connectivity index (χ1) is 7.50. The number of fused-ring (bicyclic) bond motifs is 1. The third kappa shape index (κ3) is 1.83. The van der Waals surface area contributed by atoms with E-state index in [4.69, 9.17) is 28.6 Å². The molecule has 0 spiro atoms. The Morgan fingerprint density at radius 3 is 2.69 bits per heavy atom. The van der Waals surface area contributed by atoms with Crippen LogP contribution in [0.3, 0.4) is 0 Å². The second-order valence-electron chi connectivity index (χ2n) is 3.94. The summed E-state index contributed by atoms with van der Waals surface area (Å²) in [6.07, 6.45) is 0. The predicted octanol–water partition coefficient (Wildman–Crippen LogP) is 4.30. The van der Waals surface area contributed by atoms with E-state index in [0.717, 1.165) is 16.5 Å². The standard InChI is InChI=1S/C12H12Cl2N2/c1-7(15)6-16-11-4-3-9(13)5-10(11)8(2)12(16)14/h3-5,15H,6H2,1-2H3. The van der Waals surface area contributed by atoms with Crippen LogP contribution in [0.5, 0.6) is 0 Å². The minimum atomic E-state index is 0.519. The van der Waals surface area contributed by atoms with Crippen molar-refractivity contribution >= 4 is 39.8 Å². The monoisotopic (exact) mass is 254 g/mol. The van der Waals surface area contributed by atoms with E-state index in [1.807, 2.05) is 29.7 Å². The Kier molecular flexibility index (Phi) is 2.96. The van der Waals surface area contributed by atoms with Crippen molar-refractivity contribution in [3.8, 4) is 0 Å². The Morgan fingerprint density at radius 2 is 2.06 bits per heavy atom. The van der Waals surface area contributed by atoms with Crippen molar-refractivity contribution < 1.29 is 0 Å². The molecular formula is C12H12Cl2N2. The highest BCUT2D eigenvalue weighted by atomic mass is 35.5. The topological polar surface area (TPSA) is 28.8 Å². The Morgan fingerprint density at radius 1 is 1.38 bits per heavy atom. The minimum absolute atomic E-state index is 0.519. The van der Waals surface area contributed by atoms with Crippen LogP contribution in [0.4, 0.5) is 0 Å². The lowest BCUT2D eigenvalue weighted by molar-refractivity contribution is 0.885. The third-order valence-corrected chi connectivity index (χ3v) is 3.32. The molecule has 2 rings (SSSR count). The number of rotatable bonds is 2. The summed E-state index contributed by atoms with van der Waals surface area (Å²) in [7, 11) is 0. The number of halogens is 2. The van der Waals surface area contributed by atoms with Gasteiger partial charge in [0.15, 0.2) is 0 Å². The number of nitrogens with one attached hydrogen (secondary N) is 1. The lowest BCUT2D eigenvalue weighted by Gasteiger charge is -2.05. The quantitative estimate of drug-likeness (QED) is 0.775. The first-order valence-electron chi connectivity index (χ1n) is 4.98.